The second-order valence-corrected chi connectivity index (χ2v) is 2.64. The lowest BCUT2D eigenvalue weighted by Gasteiger charge is -2.10. The van der Waals surface area contributed by atoms with Crippen molar-refractivity contribution in [2.45, 2.75) is 25.8 Å². The third kappa shape index (κ3) is 2.22. The molecule has 0 bridgehead atoms. The first-order chi connectivity index (χ1) is 5.20. The van der Waals surface area contributed by atoms with Gasteiger partial charge in [0.05, 0.1) is 5.84 Å². The normalized spacial score (nSPS) is 24.8. The molecular weight excluding hydrogens is 144 g/mol. The Balaban J connectivity index is 2.56. The highest BCUT2D eigenvalue weighted by Crippen LogP contribution is 2.02. The Hall–Kier alpha value is -1.06. The first kappa shape index (κ1) is 8.04. The zero-order valence-corrected chi connectivity index (χ0v) is 6.50. The van der Waals surface area contributed by atoms with E-state index in [9.17, 15) is 4.79 Å². The van der Waals surface area contributed by atoms with E-state index >= 15 is 0 Å². The smallest absolute Gasteiger partial charge is 0.326 e. The Kier molecular flexibility index (Phi) is 2.46. The molecule has 0 aliphatic carbocycles. The summed E-state index contributed by atoms with van der Waals surface area (Å²) in [6.45, 7) is 2.53. The Morgan fingerprint density at radius 3 is 3.18 bits per heavy atom. The molecule has 0 unspecified atom stereocenters. The van der Waals surface area contributed by atoms with Crippen molar-refractivity contribution in [3.05, 3.63) is 0 Å². The van der Waals surface area contributed by atoms with Gasteiger partial charge in [-0.05, 0) is 19.8 Å². The Morgan fingerprint density at radius 1 is 1.82 bits per heavy atom. The van der Waals surface area contributed by atoms with E-state index in [1.54, 1.807) is 6.92 Å². The highest BCUT2D eigenvalue weighted by molar-refractivity contribution is 5.85. The number of amidine groups is 1. The van der Waals surface area contributed by atoms with Gasteiger partial charge in [-0.2, -0.15) is 0 Å². The average molecular weight is 156 g/mol. The van der Waals surface area contributed by atoms with Gasteiger partial charge in [-0.25, -0.2) is 4.79 Å². The lowest BCUT2D eigenvalue weighted by molar-refractivity contribution is -0.139. The van der Waals surface area contributed by atoms with Gasteiger partial charge in [-0.15, -0.1) is 0 Å². The number of nitrogens with zero attached hydrogens (tertiary/aromatic N) is 1. The van der Waals surface area contributed by atoms with E-state index in [4.69, 9.17) is 5.11 Å². The van der Waals surface area contributed by atoms with Gasteiger partial charge in [-0.1, -0.05) is 0 Å². The van der Waals surface area contributed by atoms with Crippen LogP contribution in [0, 0.1) is 0 Å². The van der Waals surface area contributed by atoms with E-state index in [2.05, 4.69) is 10.3 Å². The minimum absolute atomic E-state index is 0.443. The first-order valence-corrected chi connectivity index (χ1v) is 3.70. The number of hydrogen-bond donors (Lipinski definition) is 2. The summed E-state index contributed by atoms with van der Waals surface area (Å²) >= 11 is 0. The number of aliphatic carboxylic acids is 1. The van der Waals surface area contributed by atoms with Gasteiger partial charge in [0, 0.05) is 6.54 Å². The van der Waals surface area contributed by atoms with E-state index in [1.165, 1.54) is 0 Å². The number of carboxylic acid groups (broad SMARTS) is 1. The zero-order chi connectivity index (χ0) is 8.27. The van der Waals surface area contributed by atoms with Crippen LogP contribution in [0.15, 0.2) is 4.99 Å². The van der Waals surface area contributed by atoms with Crippen molar-refractivity contribution in [3.63, 3.8) is 0 Å². The zero-order valence-electron chi connectivity index (χ0n) is 6.50. The summed E-state index contributed by atoms with van der Waals surface area (Å²) in [7, 11) is 0. The molecule has 1 rings (SSSR count). The van der Waals surface area contributed by atoms with Crippen molar-refractivity contribution in [2.75, 3.05) is 6.54 Å². The summed E-state index contributed by atoms with van der Waals surface area (Å²) in [5.74, 6) is -0.0589. The van der Waals surface area contributed by atoms with Gasteiger partial charge in [0.25, 0.3) is 0 Å². The topological polar surface area (TPSA) is 61.7 Å². The molecule has 1 aliphatic rings. The Morgan fingerprint density at radius 2 is 2.55 bits per heavy atom. The molecule has 0 saturated carbocycles. The Bertz CT molecular complexity index is 189. The van der Waals surface area contributed by atoms with E-state index in [-0.39, 0.29) is 0 Å². The van der Waals surface area contributed by atoms with Gasteiger partial charge in [0.1, 0.15) is 6.04 Å². The lowest BCUT2D eigenvalue weighted by atomic mass is 10.1. The number of hydrogen-bond acceptors (Lipinski definition) is 3. The highest BCUT2D eigenvalue weighted by atomic mass is 16.4. The molecule has 62 valence electrons. The van der Waals surface area contributed by atoms with Crippen LogP contribution in [0.4, 0.5) is 0 Å². The largest absolute Gasteiger partial charge is 0.480 e. The maximum Gasteiger partial charge on any atom is 0.326 e. The van der Waals surface area contributed by atoms with Crippen molar-refractivity contribution in [1.29, 1.82) is 0 Å². The second kappa shape index (κ2) is 3.37. The van der Waals surface area contributed by atoms with E-state index in [1.807, 2.05) is 0 Å². The maximum absolute atomic E-state index is 10.5. The van der Waals surface area contributed by atoms with Crippen LogP contribution in [-0.4, -0.2) is 29.5 Å². The summed E-state index contributed by atoms with van der Waals surface area (Å²) in [5, 5.41) is 11.5. The lowest BCUT2D eigenvalue weighted by Crippen LogP contribution is -2.38. The van der Waals surface area contributed by atoms with E-state index < -0.39 is 12.0 Å². The molecule has 0 saturated heterocycles. The number of nitrogens with one attached hydrogen (secondary N) is 1. The average Bonchev–Trinajstić information content (AvgIpc) is 2.13. The van der Waals surface area contributed by atoms with Gasteiger partial charge < -0.3 is 10.4 Å². The van der Waals surface area contributed by atoms with Crippen molar-refractivity contribution in [2.24, 2.45) is 4.99 Å². The highest BCUT2D eigenvalue weighted by Gasteiger charge is 2.18. The van der Waals surface area contributed by atoms with Crippen LogP contribution >= 0.6 is 0 Å². The quantitative estimate of drug-likeness (QED) is 0.571. The molecule has 4 heteroatoms. The fourth-order valence-electron chi connectivity index (χ4n) is 1.10. The molecule has 0 amide bonds. The molecule has 11 heavy (non-hydrogen) atoms. The summed E-state index contributed by atoms with van der Waals surface area (Å²) in [6, 6.07) is -0.443. The van der Waals surface area contributed by atoms with Crippen molar-refractivity contribution in [1.82, 2.24) is 5.32 Å². The van der Waals surface area contributed by atoms with Gasteiger partial charge >= 0.3 is 5.97 Å². The number of carboxylic acids is 1. The van der Waals surface area contributed by atoms with Crippen LogP contribution in [-0.2, 0) is 4.79 Å². The third-order valence-electron chi connectivity index (χ3n) is 1.68. The SMILES string of the molecule is CC1=NCCC[C@H](C(=O)O)N1. The van der Waals surface area contributed by atoms with Crippen LogP contribution < -0.4 is 5.32 Å². The summed E-state index contributed by atoms with van der Waals surface area (Å²) in [5.41, 5.74) is 0. The fourth-order valence-corrected chi connectivity index (χ4v) is 1.10. The standard InChI is InChI=1S/C7H12N2O2/c1-5-8-4-2-3-6(9-5)7(10)11/h6H,2-4H2,1H3,(H,8,9)(H,10,11)/t6-/m1/s1. The fraction of sp³-hybridized carbons (Fsp3) is 0.714. The predicted molar refractivity (Wildman–Crippen MR) is 41.8 cm³/mol. The van der Waals surface area contributed by atoms with Crippen LogP contribution in [0.2, 0.25) is 0 Å². The minimum atomic E-state index is -0.790. The molecule has 0 aromatic rings. The summed E-state index contributed by atoms with van der Waals surface area (Å²) in [6.07, 6.45) is 1.51. The number of carbonyl (C=O) groups is 1. The van der Waals surface area contributed by atoms with Crippen molar-refractivity contribution in [3.8, 4) is 0 Å². The van der Waals surface area contributed by atoms with E-state index in [0.717, 1.165) is 18.8 Å². The van der Waals surface area contributed by atoms with Gasteiger partial charge in [0.2, 0.25) is 0 Å². The number of rotatable bonds is 1. The summed E-state index contributed by atoms with van der Waals surface area (Å²) in [4.78, 5) is 14.6. The molecule has 0 spiro atoms. The monoisotopic (exact) mass is 156 g/mol. The molecule has 0 aromatic carbocycles. The second-order valence-electron chi connectivity index (χ2n) is 2.64. The minimum Gasteiger partial charge on any atom is -0.480 e. The molecule has 1 heterocycles. The van der Waals surface area contributed by atoms with Crippen LogP contribution in [0.1, 0.15) is 19.8 Å². The van der Waals surface area contributed by atoms with Crippen LogP contribution in [0.3, 0.4) is 0 Å². The Labute approximate surface area is 65.3 Å². The molecule has 0 radical (unpaired) electrons. The van der Waals surface area contributed by atoms with Gasteiger partial charge in [-0.3, -0.25) is 4.99 Å². The van der Waals surface area contributed by atoms with Crippen molar-refractivity contribution >= 4 is 11.8 Å². The molecule has 0 aromatic heterocycles. The number of aliphatic imine (C=N–C) groups is 1. The first-order valence-electron chi connectivity index (χ1n) is 3.70. The molecule has 0 fully saturated rings. The van der Waals surface area contributed by atoms with Crippen molar-refractivity contribution < 1.29 is 9.90 Å². The summed E-state index contributed by atoms with van der Waals surface area (Å²) < 4.78 is 0. The molecule has 1 aliphatic heterocycles. The van der Waals surface area contributed by atoms with Crippen LogP contribution in [0.5, 0.6) is 0 Å². The molecular formula is C7H12N2O2. The molecule has 4 nitrogen and oxygen atoms in total. The van der Waals surface area contributed by atoms with E-state index in [0.29, 0.717) is 6.42 Å². The maximum atomic E-state index is 10.5. The molecule has 1 atom stereocenters. The van der Waals surface area contributed by atoms with Gasteiger partial charge in [0.15, 0.2) is 0 Å². The third-order valence-corrected chi connectivity index (χ3v) is 1.68. The predicted octanol–water partition coefficient (Wildman–Crippen LogP) is 0.241. The van der Waals surface area contributed by atoms with Crippen LogP contribution in [0.25, 0.3) is 0 Å². The molecule has 2 N–H and O–H groups in total.